The molecule has 0 bridgehead atoms. The summed E-state index contributed by atoms with van der Waals surface area (Å²) in [5.74, 6) is -1.09. The van der Waals surface area contributed by atoms with Gasteiger partial charge in [-0.15, -0.1) is 12.4 Å². The predicted molar refractivity (Wildman–Crippen MR) is 152 cm³/mol. The maximum Gasteiger partial charge on any atom is 0.417 e. The van der Waals surface area contributed by atoms with Crippen LogP contribution in [-0.2, 0) is 11.0 Å². The highest BCUT2D eigenvalue weighted by molar-refractivity contribution is 9.10. The quantitative estimate of drug-likeness (QED) is 0.346. The lowest BCUT2D eigenvalue weighted by Gasteiger charge is -2.45. The Bertz CT molecular complexity index is 1430. The smallest absolute Gasteiger partial charge is 0.417 e. The number of aromatic nitrogens is 2. The van der Waals surface area contributed by atoms with Gasteiger partial charge in [0.1, 0.15) is 17.4 Å². The van der Waals surface area contributed by atoms with E-state index < -0.39 is 40.5 Å². The first-order valence-electron chi connectivity index (χ1n) is 13.0. The number of rotatable bonds is 5. The number of carbonyl (C=O) groups excluding carboxylic acids is 2. The maximum atomic E-state index is 14.4. The number of anilines is 1. The average Bonchev–Trinajstić information content (AvgIpc) is 2.98. The average molecular weight is 673 g/mol. The van der Waals surface area contributed by atoms with Crippen molar-refractivity contribution in [3.05, 3.63) is 82.5 Å². The second-order valence-electron chi connectivity index (χ2n) is 9.89. The molecule has 2 amide bonds. The zero-order valence-corrected chi connectivity index (χ0v) is 24.6. The molecule has 3 aromatic rings. The molecule has 0 saturated carbocycles. The van der Waals surface area contributed by atoms with E-state index in [2.05, 4.69) is 25.9 Å². The molecular formula is C28H27BrClF4N5O3. The molecule has 2 aromatic heterocycles. The van der Waals surface area contributed by atoms with Crippen LogP contribution in [0.1, 0.15) is 28.8 Å². The van der Waals surface area contributed by atoms with Crippen molar-refractivity contribution >= 4 is 46.0 Å². The molecule has 0 aliphatic carbocycles. The summed E-state index contributed by atoms with van der Waals surface area (Å²) >= 11 is 3.10. The normalized spacial score (nSPS) is 19.2. The molecule has 0 spiro atoms. The first kappa shape index (κ1) is 31.5. The molecule has 5 rings (SSSR count). The van der Waals surface area contributed by atoms with Gasteiger partial charge in [-0.2, -0.15) is 13.2 Å². The van der Waals surface area contributed by atoms with Crippen LogP contribution in [0.15, 0.2) is 65.5 Å². The Kier molecular flexibility index (Phi) is 9.61. The Labute approximate surface area is 254 Å². The van der Waals surface area contributed by atoms with Crippen LogP contribution in [0.4, 0.5) is 23.4 Å². The van der Waals surface area contributed by atoms with Gasteiger partial charge < -0.3 is 19.4 Å². The highest BCUT2D eigenvalue weighted by Gasteiger charge is 2.49. The second kappa shape index (κ2) is 12.8. The molecule has 224 valence electrons. The standard InChI is InChI=1S/C28H26BrF4N5O3.ClH/c29-22-6-5-19(16-23(22)30)41-27(26(40)37-14-12-36(13-15-37)24-4-1-2-9-35-24)8-3-11-38(18-27)25(39)20-17-34-10-7-21(20)28(31,32)33;/h1-2,4-7,9-10,16-17H,3,8,11-15,18H2;1H. The van der Waals surface area contributed by atoms with Crippen LogP contribution in [-0.4, -0.2) is 76.5 Å². The first-order valence-corrected chi connectivity index (χ1v) is 13.8. The summed E-state index contributed by atoms with van der Waals surface area (Å²) in [6, 6.07) is 10.4. The van der Waals surface area contributed by atoms with Gasteiger partial charge in [-0.1, -0.05) is 6.07 Å². The van der Waals surface area contributed by atoms with E-state index in [0.717, 1.165) is 30.3 Å². The monoisotopic (exact) mass is 671 g/mol. The largest absolute Gasteiger partial charge is 0.475 e. The highest BCUT2D eigenvalue weighted by atomic mass is 79.9. The van der Waals surface area contributed by atoms with Crippen molar-refractivity contribution in [2.45, 2.75) is 24.6 Å². The van der Waals surface area contributed by atoms with Crippen LogP contribution in [0, 0.1) is 5.82 Å². The number of amides is 2. The topological polar surface area (TPSA) is 78.9 Å². The Morgan fingerprint density at radius 2 is 1.74 bits per heavy atom. The van der Waals surface area contributed by atoms with Crippen LogP contribution in [0.25, 0.3) is 0 Å². The molecule has 2 saturated heterocycles. The van der Waals surface area contributed by atoms with E-state index in [9.17, 15) is 27.2 Å². The number of alkyl halides is 3. The number of piperazine rings is 1. The van der Waals surface area contributed by atoms with Gasteiger partial charge in [0.25, 0.3) is 11.8 Å². The molecule has 8 nitrogen and oxygen atoms in total. The highest BCUT2D eigenvalue weighted by Crippen LogP contribution is 2.35. The molecule has 1 unspecified atom stereocenters. The van der Waals surface area contributed by atoms with E-state index in [1.165, 1.54) is 17.0 Å². The van der Waals surface area contributed by atoms with Gasteiger partial charge in [-0.3, -0.25) is 14.6 Å². The molecule has 1 atom stereocenters. The van der Waals surface area contributed by atoms with Gasteiger partial charge in [0.05, 0.1) is 22.1 Å². The van der Waals surface area contributed by atoms with Crippen LogP contribution >= 0.6 is 28.3 Å². The van der Waals surface area contributed by atoms with E-state index >= 15 is 0 Å². The van der Waals surface area contributed by atoms with Crippen molar-refractivity contribution in [2.75, 3.05) is 44.2 Å². The van der Waals surface area contributed by atoms with Gasteiger partial charge in [0.2, 0.25) is 5.60 Å². The minimum absolute atomic E-state index is 0. The number of piperidine rings is 1. The van der Waals surface area contributed by atoms with E-state index in [1.54, 1.807) is 11.1 Å². The number of hydrogen-bond acceptors (Lipinski definition) is 6. The van der Waals surface area contributed by atoms with Crippen molar-refractivity contribution in [3.63, 3.8) is 0 Å². The van der Waals surface area contributed by atoms with Crippen molar-refractivity contribution in [3.8, 4) is 5.75 Å². The lowest BCUT2D eigenvalue weighted by molar-refractivity contribution is -0.153. The third-order valence-corrected chi connectivity index (χ3v) is 7.88. The summed E-state index contributed by atoms with van der Waals surface area (Å²) in [7, 11) is 0. The summed E-state index contributed by atoms with van der Waals surface area (Å²) in [5.41, 5.74) is -3.36. The van der Waals surface area contributed by atoms with Crippen molar-refractivity contribution in [1.82, 2.24) is 19.8 Å². The number of hydrogen-bond donors (Lipinski definition) is 0. The fourth-order valence-corrected chi connectivity index (χ4v) is 5.46. The summed E-state index contributed by atoms with van der Waals surface area (Å²) in [6.07, 6.45) is -0.758. The number of nitrogens with zero attached hydrogens (tertiary/aromatic N) is 5. The first-order chi connectivity index (χ1) is 19.6. The Hall–Kier alpha value is -3.45. The lowest BCUT2D eigenvalue weighted by Crippen LogP contribution is -2.64. The number of ether oxygens (including phenoxy) is 1. The maximum absolute atomic E-state index is 14.4. The molecule has 2 fully saturated rings. The Morgan fingerprint density at radius 1 is 0.976 bits per heavy atom. The third kappa shape index (κ3) is 6.62. The van der Waals surface area contributed by atoms with Crippen molar-refractivity contribution < 1.29 is 31.9 Å². The number of benzene rings is 1. The van der Waals surface area contributed by atoms with Crippen LogP contribution < -0.4 is 9.64 Å². The predicted octanol–water partition coefficient (Wildman–Crippen LogP) is 5.22. The van der Waals surface area contributed by atoms with Gasteiger partial charge in [-0.05, 0) is 59.1 Å². The summed E-state index contributed by atoms with van der Waals surface area (Å²) in [6.45, 7) is 1.48. The molecule has 1 aromatic carbocycles. The van der Waals surface area contributed by atoms with E-state index in [0.29, 0.717) is 26.2 Å². The number of carbonyl (C=O) groups is 2. The molecule has 0 N–H and O–H groups in total. The molecule has 4 heterocycles. The van der Waals surface area contributed by atoms with E-state index in [4.69, 9.17) is 4.74 Å². The van der Waals surface area contributed by atoms with Crippen LogP contribution in [0.2, 0.25) is 0 Å². The number of halogens is 6. The molecule has 0 radical (unpaired) electrons. The molecule has 42 heavy (non-hydrogen) atoms. The van der Waals surface area contributed by atoms with Crippen LogP contribution in [0.3, 0.4) is 0 Å². The molecule has 14 heteroatoms. The SMILES string of the molecule is Cl.O=C(c1cnccc1C(F)(F)F)N1CCCC(Oc2ccc(Br)c(F)c2)(C(=O)N2CCN(c3ccccn3)CC2)C1. The summed E-state index contributed by atoms with van der Waals surface area (Å²) < 4.78 is 61.8. The van der Waals surface area contributed by atoms with E-state index in [-0.39, 0.29) is 48.6 Å². The molecule has 2 aliphatic rings. The third-order valence-electron chi connectivity index (χ3n) is 7.23. The second-order valence-corrected chi connectivity index (χ2v) is 10.7. The van der Waals surface area contributed by atoms with Gasteiger partial charge in [-0.25, -0.2) is 9.37 Å². The zero-order valence-electron chi connectivity index (χ0n) is 22.2. The van der Waals surface area contributed by atoms with Crippen LogP contribution in [0.5, 0.6) is 5.75 Å². The van der Waals surface area contributed by atoms with Gasteiger partial charge in [0.15, 0.2) is 0 Å². The fourth-order valence-electron chi connectivity index (χ4n) is 5.21. The van der Waals surface area contributed by atoms with Gasteiger partial charge >= 0.3 is 6.18 Å². The minimum atomic E-state index is -4.77. The fraction of sp³-hybridized carbons (Fsp3) is 0.357. The number of pyridine rings is 2. The number of likely N-dealkylation sites (tertiary alicyclic amines) is 1. The minimum Gasteiger partial charge on any atom is -0.475 e. The summed E-state index contributed by atoms with van der Waals surface area (Å²) in [4.78, 5) is 40.5. The van der Waals surface area contributed by atoms with E-state index in [1.807, 2.05) is 23.1 Å². The Balaban J connectivity index is 0.00000405. The van der Waals surface area contributed by atoms with Crippen molar-refractivity contribution in [2.24, 2.45) is 0 Å². The Morgan fingerprint density at radius 3 is 2.40 bits per heavy atom. The van der Waals surface area contributed by atoms with Gasteiger partial charge in [0, 0.05) is 57.4 Å². The molecular weight excluding hydrogens is 646 g/mol. The lowest BCUT2D eigenvalue weighted by atomic mass is 9.89. The van der Waals surface area contributed by atoms with Crippen molar-refractivity contribution in [1.29, 1.82) is 0 Å². The zero-order chi connectivity index (χ0) is 29.2. The molecule has 2 aliphatic heterocycles. The summed E-state index contributed by atoms with van der Waals surface area (Å²) in [5, 5.41) is 0.